The van der Waals surface area contributed by atoms with E-state index in [-0.39, 0.29) is 11.6 Å². The predicted molar refractivity (Wildman–Crippen MR) is 124 cm³/mol. The molecule has 0 saturated carbocycles. The van der Waals surface area contributed by atoms with Gasteiger partial charge in [0.15, 0.2) is 11.0 Å². The highest BCUT2D eigenvalue weighted by molar-refractivity contribution is 8.00. The fraction of sp³-hybridized carbons (Fsp3) is 0.167. The van der Waals surface area contributed by atoms with Gasteiger partial charge in [-0.1, -0.05) is 42.1 Å². The molecule has 0 bridgehead atoms. The summed E-state index contributed by atoms with van der Waals surface area (Å²) in [4.78, 5) is 16.8. The minimum Gasteiger partial charge on any atom is -0.325 e. The normalized spacial score (nSPS) is 12.4. The lowest BCUT2D eigenvalue weighted by molar-refractivity contribution is -0.137. The molecular weight excluding hydrogens is 463 g/mol. The summed E-state index contributed by atoms with van der Waals surface area (Å²) in [6, 6.07) is 17.8. The predicted octanol–water partition coefficient (Wildman–Crippen LogP) is 5.53. The molecule has 0 aliphatic carbocycles. The van der Waals surface area contributed by atoms with E-state index in [1.54, 1.807) is 19.3 Å². The van der Waals surface area contributed by atoms with Crippen LogP contribution in [0.15, 0.2) is 84.3 Å². The van der Waals surface area contributed by atoms with Crippen LogP contribution < -0.4 is 5.32 Å². The van der Waals surface area contributed by atoms with Crippen molar-refractivity contribution in [3.8, 4) is 11.4 Å². The number of hydrogen-bond donors (Lipinski definition) is 1. The molecule has 1 N–H and O–H groups in total. The topological polar surface area (TPSA) is 72.7 Å². The quantitative estimate of drug-likeness (QED) is 0.350. The highest BCUT2D eigenvalue weighted by Crippen LogP contribution is 2.31. The number of hydrogen-bond acceptors (Lipinski definition) is 5. The summed E-state index contributed by atoms with van der Waals surface area (Å²) >= 11 is 1.22. The van der Waals surface area contributed by atoms with Gasteiger partial charge in [0.25, 0.3) is 0 Å². The summed E-state index contributed by atoms with van der Waals surface area (Å²) in [7, 11) is 0. The molecule has 2 heterocycles. The molecule has 4 aromatic rings. The molecule has 0 fully saturated rings. The molecule has 0 aliphatic heterocycles. The van der Waals surface area contributed by atoms with E-state index >= 15 is 0 Å². The maximum absolute atomic E-state index is 12.8. The number of thioether (sulfide) groups is 1. The van der Waals surface area contributed by atoms with Gasteiger partial charge in [-0.15, -0.1) is 10.2 Å². The van der Waals surface area contributed by atoms with Crippen LogP contribution >= 0.6 is 11.8 Å². The maximum atomic E-state index is 12.8. The Balaban J connectivity index is 1.53. The van der Waals surface area contributed by atoms with Gasteiger partial charge in [-0.05, 0) is 48.9 Å². The van der Waals surface area contributed by atoms with Crippen molar-refractivity contribution < 1.29 is 18.0 Å². The minimum absolute atomic E-state index is 0.286. The molecule has 0 saturated heterocycles. The van der Waals surface area contributed by atoms with Crippen LogP contribution in [0.3, 0.4) is 0 Å². The number of carbonyl (C=O) groups excluding carboxylic acids is 1. The number of benzene rings is 2. The van der Waals surface area contributed by atoms with Crippen molar-refractivity contribution in [3.63, 3.8) is 0 Å². The van der Waals surface area contributed by atoms with Gasteiger partial charge in [-0.2, -0.15) is 13.2 Å². The minimum atomic E-state index is -4.43. The summed E-state index contributed by atoms with van der Waals surface area (Å²) < 4.78 is 40.2. The lowest BCUT2D eigenvalue weighted by Gasteiger charge is -2.14. The van der Waals surface area contributed by atoms with E-state index in [0.717, 1.165) is 23.3 Å². The second kappa shape index (κ2) is 10.1. The largest absolute Gasteiger partial charge is 0.416 e. The Morgan fingerprint density at radius 1 is 1.00 bits per heavy atom. The van der Waals surface area contributed by atoms with Crippen LogP contribution in [-0.2, 0) is 17.5 Å². The first-order valence-electron chi connectivity index (χ1n) is 10.3. The Bertz CT molecular complexity index is 1250. The molecule has 34 heavy (non-hydrogen) atoms. The van der Waals surface area contributed by atoms with Crippen LogP contribution in [0.4, 0.5) is 18.9 Å². The van der Waals surface area contributed by atoms with Crippen LogP contribution in [0, 0.1) is 0 Å². The third-order valence-electron chi connectivity index (χ3n) is 4.97. The van der Waals surface area contributed by atoms with Gasteiger partial charge in [0.1, 0.15) is 0 Å². The van der Waals surface area contributed by atoms with Gasteiger partial charge in [0.05, 0.1) is 17.4 Å². The third-order valence-corrected chi connectivity index (χ3v) is 6.05. The molecule has 1 atom stereocenters. The van der Waals surface area contributed by atoms with Gasteiger partial charge in [0, 0.05) is 23.6 Å². The molecule has 0 spiro atoms. The SMILES string of the molecule is CC(Sc1nnc(-c2ccncc2)n1Cc1ccccc1)C(=O)Nc1ccc(C(F)(F)F)cc1. The van der Waals surface area contributed by atoms with Gasteiger partial charge in [-0.25, -0.2) is 0 Å². The van der Waals surface area contributed by atoms with Gasteiger partial charge in [-0.3, -0.25) is 14.3 Å². The Hall–Kier alpha value is -3.66. The molecular formula is C24H20F3N5OS. The van der Waals surface area contributed by atoms with Crippen molar-refractivity contribution in [2.45, 2.75) is 30.1 Å². The Morgan fingerprint density at radius 3 is 2.32 bits per heavy atom. The van der Waals surface area contributed by atoms with Crippen molar-refractivity contribution in [2.75, 3.05) is 5.32 Å². The van der Waals surface area contributed by atoms with Gasteiger partial charge < -0.3 is 5.32 Å². The molecule has 1 unspecified atom stereocenters. The number of nitrogens with zero attached hydrogens (tertiary/aromatic N) is 4. The number of aromatic nitrogens is 4. The monoisotopic (exact) mass is 483 g/mol. The van der Waals surface area contributed by atoms with Gasteiger partial charge in [0.2, 0.25) is 5.91 Å². The Labute approximate surface area is 198 Å². The molecule has 2 aromatic carbocycles. The number of anilines is 1. The zero-order chi connectivity index (χ0) is 24.1. The Kier molecular flexibility index (Phi) is 6.97. The third kappa shape index (κ3) is 5.63. The van der Waals surface area contributed by atoms with E-state index in [1.165, 1.54) is 23.9 Å². The van der Waals surface area contributed by atoms with Crippen molar-refractivity contribution >= 4 is 23.4 Å². The first-order chi connectivity index (χ1) is 16.3. The molecule has 174 valence electrons. The second-order valence-corrected chi connectivity index (χ2v) is 8.75. The molecule has 0 radical (unpaired) electrons. The van der Waals surface area contributed by atoms with E-state index in [0.29, 0.717) is 17.5 Å². The fourth-order valence-electron chi connectivity index (χ4n) is 3.20. The molecule has 10 heteroatoms. The molecule has 0 aliphatic rings. The second-order valence-electron chi connectivity index (χ2n) is 7.44. The van der Waals surface area contributed by atoms with E-state index < -0.39 is 17.0 Å². The lowest BCUT2D eigenvalue weighted by atomic mass is 10.2. The number of alkyl halides is 3. The average Bonchev–Trinajstić information content (AvgIpc) is 3.22. The first kappa shape index (κ1) is 23.5. The summed E-state index contributed by atoms with van der Waals surface area (Å²) in [5.41, 5.74) is 1.40. The molecule has 1 amide bonds. The highest BCUT2D eigenvalue weighted by atomic mass is 32.2. The number of pyridine rings is 1. The summed E-state index contributed by atoms with van der Waals surface area (Å²) in [5.74, 6) is 0.286. The molecule has 4 rings (SSSR count). The zero-order valence-corrected chi connectivity index (χ0v) is 18.8. The molecule has 2 aromatic heterocycles. The van der Waals surface area contributed by atoms with E-state index in [2.05, 4.69) is 20.5 Å². The fourth-order valence-corrected chi connectivity index (χ4v) is 4.05. The van der Waals surface area contributed by atoms with E-state index in [9.17, 15) is 18.0 Å². The summed E-state index contributed by atoms with van der Waals surface area (Å²) in [6.07, 6.45) is -1.09. The Morgan fingerprint density at radius 2 is 1.68 bits per heavy atom. The van der Waals surface area contributed by atoms with Crippen molar-refractivity contribution in [1.82, 2.24) is 19.7 Å². The smallest absolute Gasteiger partial charge is 0.325 e. The number of nitrogens with one attached hydrogen (secondary N) is 1. The molecule has 6 nitrogen and oxygen atoms in total. The number of halogens is 3. The lowest BCUT2D eigenvalue weighted by Crippen LogP contribution is -2.23. The number of amides is 1. The van der Waals surface area contributed by atoms with Gasteiger partial charge >= 0.3 is 6.18 Å². The van der Waals surface area contributed by atoms with E-state index in [1.807, 2.05) is 47.0 Å². The highest BCUT2D eigenvalue weighted by Gasteiger charge is 2.30. The standard InChI is InChI=1S/C24H20F3N5OS/c1-16(22(33)29-20-9-7-19(8-10-20)24(25,26)27)34-23-31-30-21(18-11-13-28-14-12-18)32(23)15-17-5-3-2-4-6-17/h2-14,16H,15H2,1H3,(H,29,33). The van der Waals surface area contributed by atoms with Crippen molar-refractivity contribution in [3.05, 3.63) is 90.3 Å². The average molecular weight is 484 g/mol. The van der Waals surface area contributed by atoms with Crippen molar-refractivity contribution in [2.24, 2.45) is 0 Å². The number of carbonyl (C=O) groups is 1. The zero-order valence-electron chi connectivity index (χ0n) is 18.0. The van der Waals surface area contributed by atoms with Crippen LogP contribution in [0.2, 0.25) is 0 Å². The summed E-state index contributed by atoms with van der Waals surface area (Å²) in [6.45, 7) is 2.21. The summed E-state index contributed by atoms with van der Waals surface area (Å²) in [5, 5.41) is 11.3. The van der Waals surface area contributed by atoms with Crippen LogP contribution in [0.1, 0.15) is 18.1 Å². The van der Waals surface area contributed by atoms with Crippen LogP contribution in [0.5, 0.6) is 0 Å². The van der Waals surface area contributed by atoms with Crippen LogP contribution in [-0.4, -0.2) is 30.9 Å². The first-order valence-corrected chi connectivity index (χ1v) is 11.2. The van der Waals surface area contributed by atoms with E-state index in [4.69, 9.17) is 0 Å². The maximum Gasteiger partial charge on any atom is 0.416 e. The number of rotatable bonds is 7. The van der Waals surface area contributed by atoms with Crippen LogP contribution in [0.25, 0.3) is 11.4 Å². The van der Waals surface area contributed by atoms with Crippen molar-refractivity contribution in [1.29, 1.82) is 0 Å².